The molecule has 1 N–H and O–H groups in total. The highest BCUT2D eigenvalue weighted by atomic mass is 32.5. The number of ether oxygens (including phenoxy) is 2. The Hall–Kier alpha value is -2.85. The summed E-state index contributed by atoms with van der Waals surface area (Å²) in [5, 5.41) is 1.85. The van der Waals surface area contributed by atoms with Gasteiger partial charge in [0.25, 0.3) is 0 Å². The van der Waals surface area contributed by atoms with Crippen LogP contribution >= 0.6 is 10.2 Å². The second-order valence-corrected chi connectivity index (χ2v) is 8.60. The highest BCUT2D eigenvalue weighted by Crippen LogP contribution is 3.02. The van der Waals surface area contributed by atoms with Crippen LogP contribution in [0, 0.1) is 0 Å². The average Bonchev–Trinajstić information content (AvgIpc) is 2.65. The SMILES string of the molecule is C=CC(C)OCOc1ccc(/C=C/C(=O)Nc2ccccc2S(F)(F)(F)(F)F)cc1. The summed E-state index contributed by atoms with van der Waals surface area (Å²) >= 11 is 0. The normalized spacial score (nSPS) is 15.1. The molecular weight excluding hydrogens is 429 g/mol. The minimum atomic E-state index is -9.94. The first-order valence-electron chi connectivity index (χ1n) is 8.58. The van der Waals surface area contributed by atoms with Crippen molar-refractivity contribution >= 4 is 27.9 Å². The molecule has 0 aromatic heterocycles. The molecule has 0 spiro atoms. The highest BCUT2D eigenvalue weighted by molar-refractivity contribution is 8.45. The number of anilines is 1. The van der Waals surface area contributed by atoms with Gasteiger partial charge in [-0.3, -0.25) is 4.79 Å². The van der Waals surface area contributed by atoms with Gasteiger partial charge in [-0.1, -0.05) is 49.8 Å². The second kappa shape index (κ2) is 8.11. The van der Waals surface area contributed by atoms with Crippen molar-refractivity contribution in [1.82, 2.24) is 0 Å². The van der Waals surface area contributed by atoms with Gasteiger partial charge >= 0.3 is 10.2 Å². The number of para-hydroxylation sites is 1. The van der Waals surface area contributed by atoms with Gasteiger partial charge in [0.15, 0.2) is 6.79 Å². The zero-order valence-electron chi connectivity index (χ0n) is 15.9. The molecule has 0 heterocycles. The van der Waals surface area contributed by atoms with Gasteiger partial charge < -0.3 is 14.8 Å². The Kier molecular flexibility index (Phi) is 6.34. The van der Waals surface area contributed by atoms with Crippen LogP contribution in [0.3, 0.4) is 0 Å². The smallest absolute Gasteiger partial charge is 0.312 e. The van der Waals surface area contributed by atoms with Gasteiger partial charge in [-0.2, -0.15) is 0 Å². The molecule has 0 saturated heterocycles. The summed E-state index contributed by atoms with van der Waals surface area (Å²) in [6.07, 6.45) is 3.69. The van der Waals surface area contributed by atoms with E-state index in [-0.39, 0.29) is 19.0 Å². The van der Waals surface area contributed by atoms with Gasteiger partial charge in [0, 0.05) is 6.08 Å². The molecule has 0 aliphatic carbocycles. The fraction of sp³-hybridized carbons (Fsp3) is 0.150. The van der Waals surface area contributed by atoms with Gasteiger partial charge in [-0.05, 0) is 42.8 Å². The first-order valence-corrected chi connectivity index (χ1v) is 10.5. The molecule has 164 valence electrons. The number of benzene rings is 2. The molecule has 2 aromatic carbocycles. The van der Waals surface area contributed by atoms with E-state index in [9.17, 15) is 24.2 Å². The molecule has 0 fully saturated rings. The number of amides is 1. The van der Waals surface area contributed by atoms with Crippen molar-refractivity contribution in [3.63, 3.8) is 0 Å². The molecule has 0 aliphatic heterocycles. The highest BCUT2D eigenvalue weighted by Gasteiger charge is 2.66. The maximum absolute atomic E-state index is 13.1. The van der Waals surface area contributed by atoms with Crippen molar-refractivity contribution in [2.75, 3.05) is 12.1 Å². The van der Waals surface area contributed by atoms with Crippen molar-refractivity contribution in [1.29, 1.82) is 0 Å². The summed E-state index contributed by atoms with van der Waals surface area (Å²) in [6.45, 7) is 5.38. The van der Waals surface area contributed by atoms with Crippen LogP contribution in [0.2, 0.25) is 0 Å². The first kappa shape index (κ1) is 23.4. The Balaban J connectivity index is 2.02. The lowest BCUT2D eigenvalue weighted by atomic mass is 10.2. The number of hydrogen-bond donors (Lipinski definition) is 1. The van der Waals surface area contributed by atoms with Gasteiger partial charge in [-0.15, -0.1) is 6.58 Å². The summed E-state index contributed by atoms with van der Waals surface area (Å²) in [4.78, 5) is 9.78. The third-order valence-corrected chi connectivity index (χ3v) is 4.94. The molecule has 4 nitrogen and oxygen atoms in total. The molecule has 1 unspecified atom stereocenters. The van der Waals surface area contributed by atoms with Crippen molar-refractivity contribution in [3.8, 4) is 5.75 Å². The Bertz CT molecular complexity index is 944. The quantitative estimate of drug-likeness (QED) is 0.196. The molecule has 10 heteroatoms. The Morgan fingerprint density at radius 1 is 1.10 bits per heavy atom. The third kappa shape index (κ3) is 7.20. The van der Waals surface area contributed by atoms with Crippen LogP contribution in [-0.4, -0.2) is 18.8 Å². The Labute approximate surface area is 170 Å². The summed E-state index contributed by atoms with van der Waals surface area (Å²) in [7, 11) is -9.94. The Morgan fingerprint density at radius 2 is 1.73 bits per heavy atom. The summed E-state index contributed by atoms with van der Waals surface area (Å²) in [5.41, 5.74) is -0.470. The third-order valence-electron chi connectivity index (χ3n) is 3.76. The number of rotatable bonds is 9. The number of carbonyl (C=O) groups excluding carboxylic acids is 1. The Morgan fingerprint density at radius 3 is 2.33 bits per heavy atom. The molecule has 0 bridgehead atoms. The van der Waals surface area contributed by atoms with Crippen LogP contribution in [-0.2, 0) is 9.53 Å². The van der Waals surface area contributed by atoms with Crippen LogP contribution in [0.1, 0.15) is 12.5 Å². The molecule has 0 radical (unpaired) electrons. The van der Waals surface area contributed by atoms with Gasteiger partial charge in [0.2, 0.25) is 5.91 Å². The number of carbonyl (C=O) groups is 1. The molecule has 0 aliphatic rings. The summed E-state index contributed by atoms with van der Waals surface area (Å²) in [5.74, 6) is -0.492. The number of halogens is 5. The molecular formula is C20H20F5NO3S. The lowest BCUT2D eigenvalue weighted by Gasteiger charge is -2.41. The van der Waals surface area contributed by atoms with Crippen LogP contribution in [0.5, 0.6) is 5.75 Å². The van der Waals surface area contributed by atoms with E-state index in [0.29, 0.717) is 11.3 Å². The van der Waals surface area contributed by atoms with E-state index >= 15 is 0 Å². The number of hydrogen-bond acceptors (Lipinski definition) is 3. The average molecular weight is 449 g/mol. The van der Waals surface area contributed by atoms with E-state index < -0.39 is 26.7 Å². The molecule has 0 saturated carbocycles. The van der Waals surface area contributed by atoms with E-state index in [1.807, 2.05) is 5.32 Å². The summed E-state index contributed by atoms with van der Waals surface area (Å²) in [6, 6.07) is 9.33. The van der Waals surface area contributed by atoms with Gasteiger partial charge in [-0.25, -0.2) is 0 Å². The van der Waals surface area contributed by atoms with Crippen LogP contribution < -0.4 is 10.1 Å². The van der Waals surface area contributed by atoms with Gasteiger partial charge in [0.05, 0.1) is 11.8 Å². The maximum Gasteiger partial charge on any atom is 0.312 e. The van der Waals surface area contributed by atoms with Crippen molar-refractivity contribution in [2.45, 2.75) is 17.9 Å². The van der Waals surface area contributed by atoms with E-state index in [4.69, 9.17) is 9.47 Å². The fourth-order valence-electron chi connectivity index (χ4n) is 2.21. The standard InChI is InChI=1S/C20H20F5NO3S/c1-3-15(2)28-14-29-17-11-8-16(9-12-17)10-13-20(27)26-18-6-4-5-7-19(18)30(21,22,23,24)25/h3-13,15H,1,14H2,2H3,(H,26,27)/b13-10+. The predicted molar refractivity (Wildman–Crippen MR) is 108 cm³/mol. The topological polar surface area (TPSA) is 47.6 Å². The van der Waals surface area contributed by atoms with E-state index in [2.05, 4.69) is 6.58 Å². The molecule has 30 heavy (non-hydrogen) atoms. The lowest BCUT2D eigenvalue weighted by molar-refractivity contribution is -0.111. The summed E-state index contributed by atoms with van der Waals surface area (Å²) < 4.78 is 76.2. The minimum absolute atomic E-state index is 0.0103. The van der Waals surface area contributed by atoms with Crippen LogP contribution in [0.15, 0.2) is 72.2 Å². The van der Waals surface area contributed by atoms with E-state index in [1.165, 1.54) is 6.08 Å². The maximum atomic E-state index is 13.1. The number of nitrogens with one attached hydrogen (secondary N) is 1. The minimum Gasteiger partial charge on any atom is -0.468 e. The van der Waals surface area contributed by atoms with Crippen LogP contribution in [0.25, 0.3) is 6.08 Å². The molecule has 1 atom stereocenters. The largest absolute Gasteiger partial charge is 0.468 e. The zero-order valence-corrected chi connectivity index (χ0v) is 16.7. The zero-order chi connectivity index (χ0) is 22.5. The monoisotopic (exact) mass is 449 g/mol. The van der Waals surface area contributed by atoms with Crippen molar-refractivity contribution < 1.29 is 33.7 Å². The molecule has 1 amide bonds. The van der Waals surface area contributed by atoms with Crippen molar-refractivity contribution in [3.05, 3.63) is 72.8 Å². The van der Waals surface area contributed by atoms with E-state index in [0.717, 1.165) is 24.3 Å². The van der Waals surface area contributed by atoms with E-state index in [1.54, 1.807) is 37.3 Å². The predicted octanol–water partition coefficient (Wildman–Crippen LogP) is 6.92. The molecule has 2 aromatic rings. The van der Waals surface area contributed by atoms with Crippen molar-refractivity contribution in [2.24, 2.45) is 0 Å². The molecule has 2 rings (SSSR count). The van der Waals surface area contributed by atoms with Gasteiger partial charge in [0.1, 0.15) is 10.6 Å². The lowest BCUT2D eigenvalue weighted by Crippen LogP contribution is -2.14. The second-order valence-electron chi connectivity index (χ2n) is 6.23. The first-order chi connectivity index (χ1) is 13.8. The fourth-order valence-corrected chi connectivity index (χ4v) is 3.08. The van der Waals surface area contributed by atoms with Crippen LogP contribution in [0.4, 0.5) is 25.1 Å².